The molecule has 0 radical (unpaired) electrons. The van der Waals surface area contributed by atoms with Crippen molar-refractivity contribution in [1.82, 2.24) is 4.90 Å². The molecule has 4 rings (SSSR count). The summed E-state index contributed by atoms with van der Waals surface area (Å²) < 4.78 is 5.19. The molecule has 1 amide bonds. The molecule has 1 aromatic carbocycles. The van der Waals surface area contributed by atoms with Crippen molar-refractivity contribution >= 4 is 11.8 Å². The van der Waals surface area contributed by atoms with Crippen LogP contribution in [0.2, 0.25) is 0 Å². The van der Waals surface area contributed by atoms with Crippen molar-refractivity contribution in [1.29, 1.82) is 0 Å². The van der Waals surface area contributed by atoms with Gasteiger partial charge >= 0.3 is 6.09 Å². The fourth-order valence-corrected chi connectivity index (χ4v) is 3.38. The lowest BCUT2D eigenvalue weighted by atomic mass is 9.77. The summed E-state index contributed by atoms with van der Waals surface area (Å²) in [5, 5.41) is 10.8. The monoisotopic (exact) mass is 302 g/mol. The predicted molar refractivity (Wildman–Crippen MR) is 80.4 cm³/mol. The molecule has 0 N–H and O–H groups in total. The molecule has 3 unspecified atom stereocenters. The van der Waals surface area contributed by atoms with Crippen LogP contribution in [0.4, 0.5) is 10.5 Å². The minimum absolute atomic E-state index is 0.0456. The number of amides is 1. The summed E-state index contributed by atoms with van der Waals surface area (Å²) in [6.45, 7) is 2.13. The number of carbonyl (C=O) groups is 1. The lowest BCUT2D eigenvalue weighted by Crippen LogP contribution is -2.50. The number of hydrogen-bond acceptors (Lipinski definition) is 4. The van der Waals surface area contributed by atoms with Crippen LogP contribution in [-0.2, 0) is 4.74 Å². The fourth-order valence-electron chi connectivity index (χ4n) is 3.38. The number of nitrogens with zero attached hydrogens (tertiary/aromatic N) is 2. The zero-order valence-corrected chi connectivity index (χ0v) is 12.3. The number of benzene rings is 1. The number of rotatable bonds is 3. The molecule has 1 aromatic rings. The molecule has 116 valence electrons. The molecule has 1 aliphatic carbocycles. The lowest BCUT2D eigenvalue weighted by molar-refractivity contribution is -0.384. The second-order valence-corrected chi connectivity index (χ2v) is 5.59. The first kappa shape index (κ1) is 14.6. The number of fused-ring (bicyclic) bond motifs is 2. The van der Waals surface area contributed by atoms with Gasteiger partial charge in [-0.15, -0.1) is 0 Å². The highest BCUT2D eigenvalue weighted by molar-refractivity contribution is 5.70. The Kier molecular flexibility index (Phi) is 3.83. The summed E-state index contributed by atoms with van der Waals surface area (Å²) in [6.07, 6.45) is 5.84. The molecule has 0 spiro atoms. The topological polar surface area (TPSA) is 72.7 Å². The van der Waals surface area contributed by atoms with Crippen molar-refractivity contribution in [2.75, 3.05) is 6.61 Å². The van der Waals surface area contributed by atoms with Crippen LogP contribution in [0.1, 0.15) is 31.4 Å². The molecule has 3 aliphatic rings. The molecule has 1 saturated heterocycles. The maximum Gasteiger partial charge on any atom is 0.410 e. The first-order valence-corrected chi connectivity index (χ1v) is 7.49. The Morgan fingerprint density at radius 2 is 2.05 bits per heavy atom. The molecular formula is C16H18N2O4. The van der Waals surface area contributed by atoms with Crippen LogP contribution >= 0.6 is 0 Å². The van der Waals surface area contributed by atoms with E-state index in [0.29, 0.717) is 6.61 Å². The molecule has 2 bridgehead atoms. The average molecular weight is 302 g/mol. The predicted octanol–water partition coefficient (Wildman–Crippen LogP) is 3.44. The Labute approximate surface area is 128 Å². The number of piperidine rings is 1. The van der Waals surface area contributed by atoms with Gasteiger partial charge in [0.1, 0.15) is 0 Å². The van der Waals surface area contributed by atoms with Gasteiger partial charge in [-0.25, -0.2) is 4.79 Å². The largest absolute Gasteiger partial charge is 0.450 e. The molecular weight excluding hydrogens is 284 g/mol. The van der Waals surface area contributed by atoms with E-state index >= 15 is 0 Å². The molecule has 1 fully saturated rings. The SMILES string of the molecule is CCOC(=O)N1C2C=CC(CC2)C1c1ccc([N+](=O)[O-])cc1. The summed E-state index contributed by atoms with van der Waals surface area (Å²) in [6, 6.07) is 6.40. The molecule has 6 nitrogen and oxygen atoms in total. The highest BCUT2D eigenvalue weighted by Crippen LogP contribution is 2.44. The maximum absolute atomic E-state index is 12.3. The van der Waals surface area contributed by atoms with Gasteiger partial charge in [0.2, 0.25) is 0 Å². The zero-order valence-electron chi connectivity index (χ0n) is 12.3. The zero-order chi connectivity index (χ0) is 15.7. The first-order chi connectivity index (χ1) is 10.6. The van der Waals surface area contributed by atoms with Crippen molar-refractivity contribution in [2.45, 2.75) is 31.8 Å². The van der Waals surface area contributed by atoms with Crippen molar-refractivity contribution in [3.8, 4) is 0 Å². The van der Waals surface area contributed by atoms with E-state index in [1.807, 2.05) is 0 Å². The third-order valence-corrected chi connectivity index (χ3v) is 4.36. The molecule has 3 atom stereocenters. The summed E-state index contributed by atoms with van der Waals surface area (Å²) in [7, 11) is 0. The van der Waals surface area contributed by atoms with E-state index in [9.17, 15) is 14.9 Å². The third kappa shape index (κ3) is 2.45. The van der Waals surface area contributed by atoms with Crippen LogP contribution in [0.25, 0.3) is 0 Å². The van der Waals surface area contributed by atoms with E-state index in [1.165, 1.54) is 12.1 Å². The standard InChI is InChI=1S/C16H18N2O4/c1-2-22-16(19)17-13-7-3-11(4-8-13)15(17)12-5-9-14(10-6-12)18(20)21/h3,5-7,9-11,13,15H,2,4,8H2,1H3. The normalized spacial score (nSPS) is 26.0. The fraction of sp³-hybridized carbons (Fsp3) is 0.438. The van der Waals surface area contributed by atoms with Gasteiger partial charge in [-0.2, -0.15) is 0 Å². The van der Waals surface area contributed by atoms with Crippen molar-refractivity contribution in [2.24, 2.45) is 5.92 Å². The molecule has 0 aromatic heterocycles. The van der Waals surface area contributed by atoms with Crippen LogP contribution in [-0.4, -0.2) is 28.6 Å². The van der Waals surface area contributed by atoms with Gasteiger partial charge in [0.15, 0.2) is 0 Å². The number of carbonyl (C=O) groups excluding carboxylic acids is 1. The Bertz CT molecular complexity index is 611. The summed E-state index contributed by atoms with van der Waals surface area (Å²) in [4.78, 5) is 24.5. The van der Waals surface area contributed by atoms with Crippen LogP contribution in [0.5, 0.6) is 0 Å². The van der Waals surface area contributed by atoms with E-state index < -0.39 is 4.92 Å². The van der Waals surface area contributed by atoms with E-state index in [-0.39, 0.29) is 29.8 Å². The molecule has 2 heterocycles. The number of nitro groups is 1. The third-order valence-electron chi connectivity index (χ3n) is 4.36. The molecule has 2 aliphatic heterocycles. The van der Waals surface area contributed by atoms with Gasteiger partial charge in [-0.05, 0) is 25.3 Å². The summed E-state index contributed by atoms with van der Waals surface area (Å²) in [5.74, 6) is 0.232. The van der Waals surface area contributed by atoms with Gasteiger partial charge in [0, 0.05) is 18.1 Å². The highest BCUT2D eigenvalue weighted by atomic mass is 16.6. The minimum Gasteiger partial charge on any atom is -0.450 e. The van der Waals surface area contributed by atoms with Gasteiger partial charge in [0.25, 0.3) is 5.69 Å². The summed E-state index contributed by atoms with van der Waals surface area (Å²) in [5.41, 5.74) is 0.973. The summed E-state index contributed by atoms with van der Waals surface area (Å²) >= 11 is 0. The van der Waals surface area contributed by atoms with Crippen LogP contribution in [0.3, 0.4) is 0 Å². The Hall–Kier alpha value is -2.37. The number of ether oxygens (including phenoxy) is 1. The maximum atomic E-state index is 12.3. The second-order valence-electron chi connectivity index (χ2n) is 5.59. The Morgan fingerprint density at radius 1 is 1.32 bits per heavy atom. The Morgan fingerprint density at radius 3 is 2.59 bits per heavy atom. The van der Waals surface area contributed by atoms with Crippen molar-refractivity contribution in [3.05, 3.63) is 52.1 Å². The second kappa shape index (κ2) is 5.79. The van der Waals surface area contributed by atoms with Crippen molar-refractivity contribution < 1.29 is 14.5 Å². The quantitative estimate of drug-likeness (QED) is 0.487. The molecule has 22 heavy (non-hydrogen) atoms. The molecule has 6 heteroatoms. The van der Waals surface area contributed by atoms with Crippen LogP contribution in [0, 0.1) is 16.0 Å². The highest BCUT2D eigenvalue weighted by Gasteiger charge is 2.42. The number of non-ortho nitro benzene ring substituents is 1. The van der Waals surface area contributed by atoms with E-state index in [4.69, 9.17) is 4.74 Å². The van der Waals surface area contributed by atoms with Crippen LogP contribution in [0.15, 0.2) is 36.4 Å². The van der Waals surface area contributed by atoms with E-state index in [2.05, 4.69) is 12.2 Å². The Balaban J connectivity index is 1.93. The van der Waals surface area contributed by atoms with Gasteiger partial charge < -0.3 is 4.74 Å². The number of hydrogen-bond donors (Lipinski definition) is 0. The van der Waals surface area contributed by atoms with Gasteiger partial charge in [0.05, 0.1) is 23.6 Å². The number of nitro benzene ring substituents is 1. The first-order valence-electron chi connectivity index (χ1n) is 7.49. The van der Waals surface area contributed by atoms with Crippen LogP contribution < -0.4 is 0 Å². The average Bonchev–Trinajstić information content (AvgIpc) is 2.55. The van der Waals surface area contributed by atoms with Gasteiger partial charge in [-0.3, -0.25) is 15.0 Å². The lowest BCUT2D eigenvalue weighted by Gasteiger charge is -2.47. The van der Waals surface area contributed by atoms with Crippen molar-refractivity contribution in [3.63, 3.8) is 0 Å². The minimum atomic E-state index is -0.417. The smallest absolute Gasteiger partial charge is 0.410 e. The van der Waals surface area contributed by atoms with Gasteiger partial charge in [-0.1, -0.05) is 24.3 Å². The molecule has 0 saturated carbocycles. The van der Waals surface area contributed by atoms with E-state index in [0.717, 1.165) is 18.4 Å². The van der Waals surface area contributed by atoms with E-state index in [1.54, 1.807) is 24.0 Å².